The first kappa shape index (κ1) is 28.6. The fraction of sp³-hybridized carbons (Fsp3) is 0.522. The van der Waals surface area contributed by atoms with E-state index in [1.807, 2.05) is 0 Å². The second kappa shape index (κ2) is 13.3. The van der Waals surface area contributed by atoms with Gasteiger partial charge in [0.05, 0.1) is 16.9 Å². The molecule has 1 aromatic carbocycles. The molecule has 0 saturated heterocycles. The van der Waals surface area contributed by atoms with Crippen LogP contribution in [0.5, 0.6) is 0 Å². The molecular weight excluding hydrogens is 445 g/mol. The van der Waals surface area contributed by atoms with Gasteiger partial charge in [-0.2, -0.15) is 0 Å². The number of carbonyl (C=O) groups is 4. The molecule has 0 aliphatic carbocycles. The van der Waals surface area contributed by atoms with Crippen molar-refractivity contribution in [2.45, 2.75) is 57.7 Å². The van der Waals surface area contributed by atoms with Crippen LogP contribution in [0.2, 0.25) is 0 Å². The smallest absolute Gasteiger partial charge is 0.372 e. The number of ketones is 1. The number of ether oxygens (including phenoxy) is 1. The highest BCUT2D eigenvalue weighted by Crippen LogP contribution is 2.12. The van der Waals surface area contributed by atoms with Crippen LogP contribution in [-0.2, 0) is 30.3 Å². The molecule has 0 aromatic heterocycles. The zero-order chi connectivity index (χ0) is 25.9. The van der Waals surface area contributed by atoms with Gasteiger partial charge in [0.2, 0.25) is 17.6 Å². The normalized spacial score (nSPS) is 12.8. The quantitative estimate of drug-likeness (QED) is 0.176. The second-order valence-corrected chi connectivity index (χ2v) is 9.05. The number of Topliss-reactive ketones (excluding diaryl/α,β-unsaturated/α-hetero) is 1. The maximum Gasteiger partial charge on any atom is 0.372 e. The van der Waals surface area contributed by atoms with E-state index in [1.54, 1.807) is 45.8 Å². The Kier molecular flexibility index (Phi) is 11.2. The molecule has 0 bridgehead atoms. The van der Waals surface area contributed by atoms with E-state index >= 15 is 0 Å². The molecule has 2 amide bonds. The molecular formula is C23H33FN5O5+. The number of rotatable bonds is 12. The Morgan fingerprint density at radius 1 is 1.18 bits per heavy atom. The minimum absolute atomic E-state index is 0.0172. The summed E-state index contributed by atoms with van der Waals surface area (Å²) >= 11 is 0. The highest BCUT2D eigenvalue weighted by molar-refractivity contribution is 6.25. The van der Waals surface area contributed by atoms with Gasteiger partial charge in [-0.1, -0.05) is 12.1 Å². The summed E-state index contributed by atoms with van der Waals surface area (Å²) in [6.07, 6.45) is 0.536. The van der Waals surface area contributed by atoms with Crippen LogP contribution in [0.1, 0.15) is 39.2 Å². The van der Waals surface area contributed by atoms with Crippen LogP contribution in [0.3, 0.4) is 0 Å². The Morgan fingerprint density at radius 3 is 2.41 bits per heavy atom. The number of nitrogens with one attached hydrogen (secondary N) is 3. The number of hydrogen-bond acceptors (Lipinski definition) is 7. The minimum atomic E-state index is -1.18. The first-order valence-corrected chi connectivity index (χ1v) is 10.7. The Bertz CT molecular complexity index is 938. The van der Waals surface area contributed by atoms with E-state index in [-0.39, 0.29) is 25.8 Å². The average molecular weight is 479 g/mol. The third-order valence-electron chi connectivity index (χ3n) is 4.34. The highest BCUT2D eigenvalue weighted by atomic mass is 19.1. The molecule has 2 atom stereocenters. The van der Waals surface area contributed by atoms with Gasteiger partial charge in [-0.25, -0.2) is 9.18 Å². The van der Waals surface area contributed by atoms with Gasteiger partial charge in [-0.15, -0.1) is 0 Å². The second-order valence-electron chi connectivity index (χ2n) is 9.05. The Balaban J connectivity index is 3.11. The maximum atomic E-state index is 13.7. The molecule has 0 heterocycles. The SMILES string of the molecule is CN(C)CC(=O)N[C@@H](Cc1cccc(F)c1)C(=O)N[C@@H](CCC(=O)C=[N+]=N)C(=O)OC(C)(C)C. The van der Waals surface area contributed by atoms with Crippen LogP contribution in [0.4, 0.5) is 4.39 Å². The Labute approximate surface area is 198 Å². The Morgan fingerprint density at radius 2 is 1.85 bits per heavy atom. The molecule has 10 nitrogen and oxygen atoms in total. The van der Waals surface area contributed by atoms with Crippen LogP contribution in [-0.4, -0.2) is 77.8 Å². The molecule has 0 aliphatic rings. The number of halogens is 1. The van der Waals surface area contributed by atoms with E-state index in [2.05, 4.69) is 15.4 Å². The monoisotopic (exact) mass is 478 g/mol. The van der Waals surface area contributed by atoms with Crippen molar-refractivity contribution in [1.82, 2.24) is 15.5 Å². The largest absolute Gasteiger partial charge is 0.458 e. The van der Waals surface area contributed by atoms with Crippen molar-refractivity contribution in [2.24, 2.45) is 0 Å². The third-order valence-corrected chi connectivity index (χ3v) is 4.34. The lowest BCUT2D eigenvalue weighted by molar-refractivity contribution is -0.159. The molecule has 1 rings (SSSR count). The molecule has 0 aliphatic heterocycles. The summed E-state index contributed by atoms with van der Waals surface area (Å²) in [7, 11) is 3.38. The zero-order valence-electron chi connectivity index (χ0n) is 20.2. The summed E-state index contributed by atoms with van der Waals surface area (Å²) in [6, 6.07) is 3.33. The number of likely N-dealkylation sites (N-methyl/N-ethyl adjacent to an activating group) is 1. The third kappa shape index (κ3) is 11.4. The summed E-state index contributed by atoms with van der Waals surface area (Å²) in [5.41, 5.74) is 6.38. The van der Waals surface area contributed by atoms with Crippen LogP contribution in [0.25, 0.3) is 0 Å². The molecule has 11 heteroatoms. The van der Waals surface area contributed by atoms with Crippen molar-refractivity contribution in [3.05, 3.63) is 35.6 Å². The van der Waals surface area contributed by atoms with Gasteiger partial charge < -0.3 is 20.3 Å². The van der Waals surface area contributed by atoms with Crippen molar-refractivity contribution in [1.29, 1.82) is 5.53 Å². The number of esters is 1. The fourth-order valence-corrected chi connectivity index (χ4v) is 2.95. The summed E-state index contributed by atoms with van der Waals surface area (Å²) < 4.78 is 19.0. The van der Waals surface area contributed by atoms with Gasteiger partial charge in [0.25, 0.3) is 0 Å². The minimum Gasteiger partial charge on any atom is -0.458 e. The van der Waals surface area contributed by atoms with Gasteiger partial charge >= 0.3 is 12.2 Å². The standard InChI is InChI=1S/C23H32FN5O5/c1-23(2,3)34-22(33)18(10-9-17(30)13-26-25)28-21(32)19(27-20(31)14-29(4)5)12-15-7-6-8-16(24)11-15/h6-8,11,13,18-19,25H,9-10,12,14H2,1-5H3,(H-,27,28,31,32)/p+1/t18-,19-/m0/s1. The lowest BCUT2D eigenvalue weighted by Crippen LogP contribution is -2.54. The van der Waals surface area contributed by atoms with Gasteiger partial charge in [-0.3, -0.25) is 14.4 Å². The number of amides is 2. The van der Waals surface area contributed by atoms with Crippen molar-refractivity contribution in [3.63, 3.8) is 0 Å². The average Bonchev–Trinajstić information content (AvgIpc) is 2.68. The topological polar surface area (TPSA) is 143 Å². The maximum absolute atomic E-state index is 13.7. The predicted octanol–water partition coefficient (Wildman–Crippen LogP) is 0.900. The molecule has 0 fully saturated rings. The van der Waals surface area contributed by atoms with E-state index in [1.165, 1.54) is 18.2 Å². The molecule has 0 spiro atoms. The molecule has 186 valence electrons. The molecule has 0 saturated carbocycles. The molecule has 0 unspecified atom stereocenters. The van der Waals surface area contributed by atoms with Crippen LogP contribution < -0.4 is 10.6 Å². The van der Waals surface area contributed by atoms with Crippen LogP contribution in [0.15, 0.2) is 24.3 Å². The Hall–Kier alpha value is -3.43. The van der Waals surface area contributed by atoms with Gasteiger partial charge in [-0.05, 0) is 59.0 Å². The van der Waals surface area contributed by atoms with E-state index in [4.69, 9.17) is 10.3 Å². The molecule has 0 radical (unpaired) electrons. The molecule has 3 N–H and O–H groups in total. The number of nitrogens with zero attached hydrogens (tertiary/aromatic N) is 2. The van der Waals surface area contributed by atoms with Gasteiger partial charge in [0, 0.05) is 12.8 Å². The summed E-state index contributed by atoms with van der Waals surface area (Å²) in [4.78, 5) is 54.5. The predicted molar refractivity (Wildman–Crippen MR) is 122 cm³/mol. The molecule has 34 heavy (non-hydrogen) atoms. The summed E-state index contributed by atoms with van der Waals surface area (Å²) in [5, 5.41) is 5.17. The van der Waals surface area contributed by atoms with Crippen molar-refractivity contribution < 1.29 is 33.1 Å². The summed E-state index contributed by atoms with van der Waals surface area (Å²) in [6.45, 7) is 5.01. The lowest BCUT2D eigenvalue weighted by atomic mass is 10.0. The number of carbonyl (C=O) groups excluding carboxylic acids is 4. The van der Waals surface area contributed by atoms with Gasteiger partial charge in [0.15, 0.2) is 0 Å². The zero-order valence-corrected chi connectivity index (χ0v) is 20.2. The van der Waals surface area contributed by atoms with Crippen LogP contribution >= 0.6 is 0 Å². The number of benzene rings is 1. The summed E-state index contributed by atoms with van der Waals surface area (Å²) in [5.74, 6) is -2.85. The highest BCUT2D eigenvalue weighted by Gasteiger charge is 2.31. The van der Waals surface area contributed by atoms with Crippen molar-refractivity contribution >= 4 is 29.8 Å². The number of hydrogen-bond donors (Lipinski definition) is 3. The van der Waals surface area contributed by atoms with E-state index in [9.17, 15) is 23.6 Å². The van der Waals surface area contributed by atoms with E-state index in [0.717, 1.165) is 6.21 Å². The first-order chi connectivity index (χ1) is 15.8. The lowest BCUT2D eigenvalue weighted by Gasteiger charge is -2.26. The van der Waals surface area contributed by atoms with E-state index in [0.29, 0.717) is 5.56 Å². The fourth-order valence-electron chi connectivity index (χ4n) is 2.95. The molecule has 1 aromatic rings. The first-order valence-electron chi connectivity index (χ1n) is 10.7. The van der Waals surface area contributed by atoms with Gasteiger partial charge in [0.1, 0.15) is 23.5 Å². The van der Waals surface area contributed by atoms with E-state index < -0.39 is 47.1 Å². The van der Waals surface area contributed by atoms with Crippen molar-refractivity contribution in [2.75, 3.05) is 20.6 Å². The van der Waals surface area contributed by atoms with Crippen molar-refractivity contribution in [3.8, 4) is 0 Å². The van der Waals surface area contributed by atoms with Crippen LogP contribution in [0, 0.1) is 11.3 Å².